The SMILES string of the molecule is Cn1cc(-c2cc(CNC3CCNCC3)ccc2Oc2ccc(F)cc2F)c2cc[nH]c(=O)c21. The van der Waals surface area contributed by atoms with Crippen molar-refractivity contribution in [2.45, 2.75) is 25.4 Å². The van der Waals surface area contributed by atoms with Gasteiger partial charge in [-0.2, -0.15) is 0 Å². The molecule has 4 aromatic rings. The van der Waals surface area contributed by atoms with Gasteiger partial charge in [0.05, 0.1) is 0 Å². The van der Waals surface area contributed by atoms with E-state index in [-0.39, 0.29) is 11.3 Å². The Kier molecular flexibility index (Phi) is 6.17. The van der Waals surface area contributed by atoms with Crippen molar-refractivity contribution in [3.63, 3.8) is 0 Å². The third-order valence-corrected chi connectivity index (χ3v) is 6.28. The molecule has 5 rings (SSSR count). The summed E-state index contributed by atoms with van der Waals surface area (Å²) in [4.78, 5) is 15.1. The van der Waals surface area contributed by atoms with Gasteiger partial charge < -0.3 is 24.9 Å². The van der Waals surface area contributed by atoms with Crippen LogP contribution in [0, 0.1) is 11.6 Å². The lowest BCUT2D eigenvalue weighted by molar-refractivity contribution is 0.386. The second-order valence-corrected chi connectivity index (χ2v) is 8.64. The van der Waals surface area contributed by atoms with Crippen LogP contribution < -0.4 is 20.9 Å². The van der Waals surface area contributed by atoms with Gasteiger partial charge in [0.2, 0.25) is 0 Å². The Hall–Kier alpha value is -3.49. The zero-order valence-electron chi connectivity index (χ0n) is 18.8. The topological polar surface area (TPSA) is 71.1 Å². The van der Waals surface area contributed by atoms with Crippen LogP contribution in [-0.2, 0) is 13.6 Å². The van der Waals surface area contributed by atoms with E-state index in [9.17, 15) is 13.6 Å². The van der Waals surface area contributed by atoms with Crippen LogP contribution in [0.2, 0.25) is 0 Å². The number of benzene rings is 2. The monoisotopic (exact) mass is 464 g/mol. The van der Waals surface area contributed by atoms with Crippen LogP contribution in [0.4, 0.5) is 8.78 Å². The van der Waals surface area contributed by atoms with E-state index in [0.717, 1.165) is 60.1 Å². The van der Waals surface area contributed by atoms with E-state index in [1.165, 1.54) is 6.07 Å². The van der Waals surface area contributed by atoms with Gasteiger partial charge in [0.1, 0.15) is 17.1 Å². The van der Waals surface area contributed by atoms with Gasteiger partial charge in [0.25, 0.3) is 5.56 Å². The fourth-order valence-electron chi connectivity index (χ4n) is 4.53. The molecular weight excluding hydrogens is 438 g/mol. The largest absolute Gasteiger partial charge is 0.454 e. The predicted molar refractivity (Wildman–Crippen MR) is 128 cm³/mol. The molecule has 3 N–H and O–H groups in total. The fraction of sp³-hybridized carbons (Fsp3) is 0.269. The van der Waals surface area contributed by atoms with Crippen LogP contribution in [-0.4, -0.2) is 28.7 Å². The number of nitrogens with zero attached hydrogens (tertiary/aromatic N) is 1. The second kappa shape index (κ2) is 9.40. The van der Waals surface area contributed by atoms with E-state index in [2.05, 4.69) is 15.6 Å². The lowest BCUT2D eigenvalue weighted by Gasteiger charge is -2.24. The standard InChI is InChI=1S/C26H26F2N4O2/c1-32-15-21(19-8-11-30-26(33)25(19)32)20-12-16(14-31-18-6-9-29-10-7-18)2-4-23(20)34-24-5-3-17(27)13-22(24)28/h2-5,8,11-13,15,18,29,31H,6-7,9-10,14H2,1H3,(H,30,33). The molecule has 176 valence electrons. The summed E-state index contributed by atoms with van der Waals surface area (Å²) in [7, 11) is 1.81. The average Bonchev–Trinajstić information content (AvgIpc) is 3.18. The van der Waals surface area contributed by atoms with E-state index >= 15 is 0 Å². The first-order chi connectivity index (χ1) is 16.5. The number of aromatic nitrogens is 2. The van der Waals surface area contributed by atoms with Crippen molar-refractivity contribution in [3.05, 3.63) is 82.4 Å². The van der Waals surface area contributed by atoms with Crippen molar-refractivity contribution in [3.8, 4) is 22.6 Å². The minimum absolute atomic E-state index is 0.0682. The number of fused-ring (bicyclic) bond motifs is 1. The van der Waals surface area contributed by atoms with Gasteiger partial charge in [0, 0.05) is 54.6 Å². The number of hydrogen-bond acceptors (Lipinski definition) is 4. The van der Waals surface area contributed by atoms with Crippen molar-refractivity contribution in [2.24, 2.45) is 7.05 Å². The molecule has 1 saturated heterocycles. The second-order valence-electron chi connectivity index (χ2n) is 8.64. The summed E-state index contributed by atoms with van der Waals surface area (Å²) >= 11 is 0. The molecule has 3 heterocycles. The summed E-state index contributed by atoms with van der Waals surface area (Å²) in [6, 6.07) is 11.3. The number of ether oxygens (including phenoxy) is 1. The highest BCUT2D eigenvalue weighted by Crippen LogP contribution is 2.38. The number of hydrogen-bond donors (Lipinski definition) is 3. The highest BCUT2D eigenvalue weighted by atomic mass is 19.1. The lowest BCUT2D eigenvalue weighted by atomic mass is 10.0. The molecule has 8 heteroatoms. The number of nitrogens with one attached hydrogen (secondary N) is 3. The summed E-state index contributed by atoms with van der Waals surface area (Å²) in [5.74, 6) is -1.10. The highest BCUT2D eigenvalue weighted by Gasteiger charge is 2.18. The molecule has 0 aliphatic carbocycles. The van der Waals surface area contributed by atoms with Gasteiger partial charge in [-0.25, -0.2) is 8.78 Å². The number of H-pyrrole nitrogens is 1. The maximum Gasteiger partial charge on any atom is 0.272 e. The third-order valence-electron chi connectivity index (χ3n) is 6.28. The van der Waals surface area contributed by atoms with Crippen molar-refractivity contribution in [1.82, 2.24) is 20.2 Å². The first-order valence-electron chi connectivity index (χ1n) is 11.4. The zero-order chi connectivity index (χ0) is 23.7. The average molecular weight is 465 g/mol. The lowest BCUT2D eigenvalue weighted by Crippen LogP contribution is -2.39. The van der Waals surface area contributed by atoms with E-state index in [1.807, 2.05) is 31.4 Å². The molecule has 0 atom stereocenters. The van der Waals surface area contributed by atoms with Crippen molar-refractivity contribution in [2.75, 3.05) is 13.1 Å². The van der Waals surface area contributed by atoms with Crippen LogP contribution in [0.5, 0.6) is 11.5 Å². The number of piperidine rings is 1. The Labute approximate surface area is 195 Å². The van der Waals surface area contributed by atoms with E-state index in [4.69, 9.17) is 4.74 Å². The Balaban J connectivity index is 1.56. The van der Waals surface area contributed by atoms with Gasteiger partial charge in [-0.1, -0.05) is 6.07 Å². The maximum absolute atomic E-state index is 14.4. The number of halogens is 2. The minimum atomic E-state index is -0.781. The Bertz CT molecular complexity index is 1390. The van der Waals surface area contributed by atoms with Gasteiger partial charge in [-0.05, 0) is 61.8 Å². The van der Waals surface area contributed by atoms with Crippen LogP contribution >= 0.6 is 0 Å². The molecule has 2 aromatic heterocycles. The fourth-order valence-corrected chi connectivity index (χ4v) is 4.53. The van der Waals surface area contributed by atoms with E-state index in [0.29, 0.717) is 23.9 Å². The molecular formula is C26H26F2N4O2. The highest BCUT2D eigenvalue weighted by molar-refractivity contribution is 5.97. The van der Waals surface area contributed by atoms with Crippen molar-refractivity contribution in [1.29, 1.82) is 0 Å². The molecule has 34 heavy (non-hydrogen) atoms. The molecule has 0 amide bonds. The van der Waals surface area contributed by atoms with Gasteiger partial charge in [0.15, 0.2) is 11.6 Å². The molecule has 1 fully saturated rings. The Morgan fingerprint density at radius 3 is 2.65 bits per heavy atom. The van der Waals surface area contributed by atoms with Gasteiger partial charge in [-0.15, -0.1) is 0 Å². The summed E-state index contributed by atoms with van der Waals surface area (Å²) < 4.78 is 35.4. The maximum atomic E-state index is 14.4. The van der Waals surface area contributed by atoms with Crippen LogP contribution in [0.25, 0.3) is 22.0 Å². The summed E-state index contributed by atoms with van der Waals surface area (Å²) in [5.41, 5.74) is 2.91. The predicted octanol–water partition coefficient (Wildman–Crippen LogP) is 4.45. The minimum Gasteiger partial charge on any atom is -0.454 e. The molecule has 1 aliphatic rings. The Morgan fingerprint density at radius 1 is 1.06 bits per heavy atom. The quantitative estimate of drug-likeness (QED) is 0.395. The molecule has 2 aromatic carbocycles. The number of aryl methyl sites for hydroxylation is 1. The first kappa shape index (κ1) is 22.3. The third kappa shape index (κ3) is 4.47. The normalized spacial score (nSPS) is 14.6. The molecule has 0 unspecified atom stereocenters. The van der Waals surface area contributed by atoms with Crippen LogP contribution in [0.3, 0.4) is 0 Å². The summed E-state index contributed by atoms with van der Waals surface area (Å²) in [6.45, 7) is 2.68. The molecule has 6 nitrogen and oxygen atoms in total. The molecule has 1 aliphatic heterocycles. The number of rotatable bonds is 6. The zero-order valence-corrected chi connectivity index (χ0v) is 18.8. The summed E-state index contributed by atoms with van der Waals surface area (Å²) in [5, 5.41) is 7.74. The van der Waals surface area contributed by atoms with E-state index in [1.54, 1.807) is 16.8 Å². The van der Waals surface area contributed by atoms with Crippen LogP contribution in [0.15, 0.2) is 59.7 Å². The van der Waals surface area contributed by atoms with Gasteiger partial charge >= 0.3 is 0 Å². The molecule has 0 saturated carbocycles. The number of pyridine rings is 1. The molecule has 0 spiro atoms. The summed E-state index contributed by atoms with van der Waals surface area (Å²) in [6.07, 6.45) is 5.62. The van der Waals surface area contributed by atoms with E-state index < -0.39 is 11.6 Å². The van der Waals surface area contributed by atoms with Crippen molar-refractivity contribution >= 4 is 10.9 Å². The molecule has 0 bridgehead atoms. The number of aromatic amines is 1. The smallest absolute Gasteiger partial charge is 0.272 e. The van der Waals surface area contributed by atoms with Gasteiger partial charge in [-0.3, -0.25) is 4.79 Å². The first-order valence-corrected chi connectivity index (χ1v) is 11.4. The van der Waals surface area contributed by atoms with Crippen LogP contribution in [0.1, 0.15) is 18.4 Å². The Morgan fingerprint density at radius 2 is 1.85 bits per heavy atom. The molecule has 0 radical (unpaired) electrons. The van der Waals surface area contributed by atoms with Crippen molar-refractivity contribution < 1.29 is 13.5 Å².